The van der Waals surface area contributed by atoms with Crippen molar-refractivity contribution in [2.75, 3.05) is 0 Å². The number of amides is 2. The molecule has 5 rings (SSSR count). The van der Waals surface area contributed by atoms with Crippen molar-refractivity contribution in [1.29, 1.82) is 0 Å². The van der Waals surface area contributed by atoms with Crippen LogP contribution in [0.15, 0.2) is 118 Å². The fourth-order valence-corrected chi connectivity index (χ4v) is 6.84. The molecule has 1 aliphatic rings. The summed E-state index contributed by atoms with van der Waals surface area (Å²) >= 11 is 3.03. The molecule has 0 unspecified atom stereocenters. The van der Waals surface area contributed by atoms with Gasteiger partial charge in [0.05, 0.1) is 0 Å². The summed E-state index contributed by atoms with van der Waals surface area (Å²) in [5, 5.41) is 6.03. The van der Waals surface area contributed by atoms with Gasteiger partial charge in [-0.25, -0.2) is 4.99 Å². The van der Waals surface area contributed by atoms with Gasteiger partial charge in [-0.2, -0.15) is 0 Å². The van der Waals surface area contributed by atoms with Gasteiger partial charge in [-0.1, -0.05) is 83.4 Å². The maximum atomic E-state index is 14.0. The van der Waals surface area contributed by atoms with Gasteiger partial charge in [0.1, 0.15) is 10.4 Å². The molecule has 0 saturated carbocycles. The molecule has 0 bridgehead atoms. The third-order valence-corrected chi connectivity index (χ3v) is 9.18. The van der Waals surface area contributed by atoms with Crippen LogP contribution in [0.3, 0.4) is 0 Å². The summed E-state index contributed by atoms with van der Waals surface area (Å²) in [6, 6.07) is 33.1. The molecule has 1 aliphatic heterocycles. The Morgan fingerprint density at radius 1 is 0.744 bits per heavy atom. The third kappa shape index (κ3) is 6.10. The zero-order valence-electron chi connectivity index (χ0n) is 22.0. The molecular formula is C32H29N3O2S2. The fourth-order valence-electron chi connectivity index (χ4n) is 4.12. The lowest BCUT2D eigenvalue weighted by atomic mass is 10.1. The number of nitrogens with one attached hydrogen (secondary N) is 2. The summed E-state index contributed by atoms with van der Waals surface area (Å²) in [4.78, 5) is 34.5. The van der Waals surface area contributed by atoms with E-state index in [9.17, 15) is 9.59 Å². The monoisotopic (exact) mass is 551 g/mol. The molecule has 0 fully saturated rings. The van der Waals surface area contributed by atoms with Crippen LogP contribution in [0.1, 0.15) is 32.6 Å². The molecule has 2 amide bonds. The molecule has 0 saturated heterocycles. The SMILES string of the molecule is Cc1ccc(SC(Sc2ccc(C)cc2)[C@@]2(NC(=O)c3ccc(C)cc3)N=C(c3ccccc3)NC2=O)cc1. The first-order valence-electron chi connectivity index (χ1n) is 12.6. The zero-order valence-corrected chi connectivity index (χ0v) is 23.6. The van der Waals surface area contributed by atoms with Crippen LogP contribution in [0.2, 0.25) is 0 Å². The Hall–Kier alpha value is -3.81. The van der Waals surface area contributed by atoms with Crippen molar-refractivity contribution in [3.8, 4) is 0 Å². The second-order valence-corrected chi connectivity index (χ2v) is 12.2. The number of amidine groups is 1. The van der Waals surface area contributed by atoms with Crippen LogP contribution >= 0.6 is 23.5 Å². The normalized spacial score (nSPS) is 16.6. The molecule has 4 aromatic rings. The van der Waals surface area contributed by atoms with Crippen molar-refractivity contribution in [2.45, 2.75) is 40.8 Å². The van der Waals surface area contributed by atoms with Crippen LogP contribution < -0.4 is 10.6 Å². The lowest BCUT2D eigenvalue weighted by Gasteiger charge is -2.32. The van der Waals surface area contributed by atoms with E-state index in [1.165, 1.54) is 23.5 Å². The average molecular weight is 552 g/mol. The first-order valence-corrected chi connectivity index (χ1v) is 14.4. The summed E-state index contributed by atoms with van der Waals surface area (Å²) in [6.45, 7) is 6.05. The quantitative estimate of drug-likeness (QED) is 0.193. The summed E-state index contributed by atoms with van der Waals surface area (Å²) in [5.41, 5.74) is 3.01. The highest BCUT2D eigenvalue weighted by Crippen LogP contribution is 2.44. The van der Waals surface area contributed by atoms with E-state index in [4.69, 9.17) is 4.99 Å². The number of hydrogen-bond donors (Lipinski definition) is 2. The number of carbonyl (C=O) groups is 2. The number of aliphatic imine (C=N–C) groups is 1. The molecule has 1 heterocycles. The van der Waals surface area contributed by atoms with Crippen molar-refractivity contribution >= 4 is 41.2 Å². The molecule has 4 aromatic carbocycles. The third-order valence-electron chi connectivity index (χ3n) is 6.40. The van der Waals surface area contributed by atoms with Gasteiger partial charge in [-0.15, -0.1) is 23.5 Å². The van der Waals surface area contributed by atoms with Crippen molar-refractivity contribution in [3.05, 3.63) is 131 Å². The minimum absolute atomic E-state index is 0.359. The minimum Gasteiger partial charge on any atom is -0.318 e. The summed E-state index contributed by atoms with van der Waals surface area (Å²) < 4.78 is -0.515. The fraction of sp³-hybridized carbons (Fsp3) is 0.156. The molecule has 196 valence electrons. The van der Waals surface area contributed by atoms with Crippen LogP contribution in [-0.4, -0.2) is 27.9 Å². The van der Waals surface area contributed by atoms with E-state index in [1.54, 1.807) is 12.1 Å². The second kappa shape index (κ2) is 11.5. The van der Waals surface area contributed by atoms with Crippen LogP contribution in [0.5, 0.6) is 0 Å². The maximum absolute atomic E-state index is 14.0. The van der Waals surface area contributed by atoms with Gasteiger partial charge in [-0.3, -0.25) is 9.59 Å². The van der Waals surface area contributed by atoms with E-state index < -0.39 is 10.2 Å². The minimum atomic E-state index is -1.57. The zero-order chi connectivity index (χ0) is 27.4. The van der Waals surface area contributed by atoms with E-state index in [0.717, 1.165) is 32.0 Å². The molecule has 0 spiro atoms. The van der Waals surface area contributed by atoms with Gasteiger partial charge >= 0.3 is 0 Å². The topological polar surface area (TPSA) is 70.6 Å². The Morgan fingerprint density at radius 2 is 1.23 bits per heavy atom. The van der Waals surface area contributed by atoms with Gasteiger partial charge in [0.25, 0.3) is 11.8 Å². The van der Waals surface area contributed by atoms with Gasteiger partial charge in [0.2, 0.25) is 5.66 Å². The molecule has 39 heavy (non-hydrogen) atoms. The van der Waals surface area contributed by atoms with Gasteiger partial charge in [-0.05, 0) is 57.2 Å². The standard InChI is InChI=1S/C32H29N3O2S2/c1-21-9-15-25(16-10-21)29(36)35-32(30(37)33-28(34-32)24-7-5-4-6-8-24)31(38-26-17-11-22(2)12-18-26)39-27-19-13-23(3)14-20-27/h4-20,31H,1-3H3,(H,35,36)(H,33,34,37)/t32-/m1/s1. The highest BCUT2D eigenvalue weighted by atomic mass is 32.2. The van der Waals surface area contributed by atoms with Crippen molar-refractivity contribution < 1.29 is 9.59 Å². The van der Waals surface area contributed by atoms with Gasteiger partial charge in [0.15, 0.2) is 0 Å². The smallest absolute Gasteiger partial charge is 0.276 e. The molecule has 0 aromatic heterocycles. The van der Waals surface area contributed by atoms with Crippen molar-refractivity contribution in [3.63, 3.8) is 0 Å². The highest BCUT2D eigenvalue weighted by molar-refractivity contribution is 8.17. The number of carbonyl (C=O) groups excluding carboxylic acids is 2. The number of rotatable bonds is 8. The summed E-state index contributed by atoms with van der Waals surface area (Å²) in [6.07, 6.45) is 0. The maximum Gasteiger partial charge on any atom is 0.276 e. The number of thioether (sulfide) groups is 2. The molecule has 2 N–H and O–H groups in total. The van der Waals surface area contributed by atoms with Crippen LogP contribution in [0, 0.1) is 20.8 Å². The van der Waals surface area contributed by atoms with Crippen molar-refractivity contribution in [1.82, 2.24) is 10.6 Å². The number of nitrogens with zero attached hydrogens (tertiary/aromatic N) is 1. The Morgan fingerprint density at radius 3 is 1.74 bits per heavy atom. The number of hydrogen-bond acceptors (Lipinski definition) is 5. The molecule has 0 aliphatic carbocycles. The second-order valence-electron chi connectivity index (χ2n) is 9.56. The van der Waals surface area contributed by atoms with Crippen LogP contribution in [0.25, 0.3) is 0 Å². The lowest BCUT2D eigenvalue weighted by Crippen LogP contribution is -2.59. The summed E-state index contributed by atoms with van der Waals surface area (Å²) in [7, 11) is 0. The Bertz CT molecular complexity index is 1450. The van der Waals surface area contributed by atoms with E-state index in [2.05, 4.69) is 10.6 Å². The van der Waals surface area contributed by atoms with Crippen LogP contribution in [0.4, 0.5) is 0 Å². The predicted octanol–water partition coefficient (Wildman–Crippen LogP) is 6.53. The first-order chi connectivity index (χ1) is 18.8. The molecule has 1 atom stereocenters. The van der Waals surface area contributed by atoms with Gasteiger partial charge < -0.3 is 10.6 Å². The Kier molecular flexibility index (Phi) is 7.91. The molecule has 0 radical (unpaired) electrons. The van der Waals surface area contributed by atoms with E-state index in [0.29, 0.717) is 11.4 Å². The Balaban J connectivity index is 1.61. The van der Waals surface area contributed by atoms with E-state index in [1.807, 2.05) is 112 Å². The van der Waals surface area contributed by atoms with Crippen molar-refractivity contribution in [2.24, 2.45) is 4.99 Å². The largest absolute Gasteiger partial charge is 0.318 e. The predicted molar refractivity (Wildman–Crippen MR) is 160 cm³/mol. The van der Waals surface area contributed by atoms with Crippen LogP contribution in [-0.2, 0) is 4.79 Å². The highest BCUT2D eigenvalue weighted by Gasteiger charge is 2.52. The molecule has 5 nitrogen and oxygen atoms in total. The number of benzene rings is 4. The average Bonchev–Trinajstić information content (AvgIpc) is 3.28. The summed E-state index contributed by atoms with van der Waals surface area (Å²) in [5.74, 6) is -0.294. The Labute approximate surface area is 237 Å². The van der Waals surface area contributed by atoms with E-state index in [-0.39, 0.29) is 11.8 Å². The first kappa shape index (κ1) is 26.8. The number of aryl methyl sites for hydroxylation is 3. The lowest BCUT2D eigenvalue weighted by molar-refractivity contribution is -0.124. The molecular weight excluding hydrogens is 523 g/mol. The van der Waals surface area contributed by atoms with E-state index >= 15 is 0 Å². The molecule has 7 heteroatoms. The van der Waals surface area contributed by atoms with Gasteiger partial charge in [0, 0.05) is 20.9 Å².